The van der Waals surface area contributed by atoms with E-state index < -0.39 is 0 Å². The number of nitrogens with zero attached hydrogens (tertiary/aromatic N) is 3. The largest absolute Gasteiger partial charge is 0.492 e. The van der Waals surface area contributed by atoms with Gasteiger partial charge in [-0.15, -0.1) is 11.3 Å². The summed E-state index contributed by atoms with van der Waals surface area (Å²) in [4.78, 5) is 11.6. The van der Waals surface area contributed by atoms with Gasteiger partial charge in [0.25, 0.3) is 0 Å². The lowest BCUT2D eigenvalue weighted by Gasteiger charge is -2.26. The van der Waals surface area contributed by atoms with Crippen molar-refractivity contribution in [2.45, 2.75) is 26.8 Å². The fraction of sp³-hybridized carbons (Fsp3) is 0.545. The predicted octanol–water partition coefficient (Wildman–Crippen LogP) is 2.46. The molecule has 0 saturated carbocycles. The first-order valence-corrected chi connectivity index (χ1v) is 11.6. The van der Waals surface area contributed by atoms with Crippen LogP contribution in [0.2, 0.25) is 0 Å². The highest BCUT2D eigenvalue weighted by Gasteiger charge is 2.09. The molecular weight excluding hydrogens is 398 g/mol. The lowest BCUT2D eigenvalue weighted by molar-refractivity contribution is 0.0322. The Morgan fingerprint density at radius 3 is 2.93 bits per heavy atom. The number of aryl methyl sites for hydroxylation is 1. The number of aliphatic imine (C=N–C) groups is 1. The molecular formula is C22H33N5O2S. The third-order valence-electron chi connectivity index (χ3n) is 4.78. The van der Waals surface area contributed by atoms with Crippen LogP contribution in [0.4, 0.5) is 0 Å². The quantitative estimate of drug-likeness (QED) is 0.445. The Balaban J connectivity index is 1.45. The molecule has 3 rings (SSSR count). The highest BCUT2D eigenvalue weighted by atomic mass is 32.1. The Kier molecular flexibility index (Phi) is 9.40. The molecule has 2 N–H and O–H groups in total. The second-order valence-corrected chi connectivity index (χ2v) is 8.24. The Labute approximate surface area is 183 Å². The molecule has 1 aromatic heterocycles. The maximum absolute atomic E-state index is 5.95. The molecule has 7 nitrogen and oxygen atoms in total. The van der Waals surface area contributed by atoms with Crippen LogP contribution in [0.1, 0.15) is 23.2 Å². The van der Waals surface area contributed by atoms with Crippen LogP contribution < -0.4 is 15.4 Å². The number of morpholine rings is 1. The molecule has 1 aliphatic rings. The number of benzene rings is 1. The zero-order chi connectivity index (χ0) is 21.0. The average molecular weight is 432 g/mol. The predicted molar refractivity (Wildman–Crippen MR) is 123 cm³/mol. The third kappa shape index (κ3) is 7.93. The molecule has 0 unspecified atom stereocenters. The van der Waals surface area contributed by atoms with Crippen molar-refractivity contribution >= 4 is 17.3 Å². The van der Waals surface area contributed by atoms with Gasteiger partial charge >= 0.3 is 0 Å². The summed E-state index contributed by atoms with van der Waals surface area (Å²) in [5.41, 5.74) is 2.26. The van der Waals surface area contributed by atoms with Crippen LogP contribution in [0.3, 0.4) is 0 Å². The van der Waals surface area contributed by atoms with Gasteiger partial charge in [-0.2, -0.15) is 0 Å². The van der Waals surface area contributed by atoms with E-state index in [1.807, 2.05) is 19.1 Å². The first-order valence-electron chi connectivity index (χ1n) is 10.7. The molecule has 164 valence electrons. The van der Waals surface area contributed by atoms with Crippen molar-refractivity contribution in [2.75, 3.05) is 52.5 Å². The summed E-state index contributed by atoms with van der Waals surface area (Å²) in [6.45, 7) is 11.6. The molecule has 30 heavy (non-hydrogen) atoms. The van der Waals surface area contributed by atoms with Gasteiger partial charge in [0.1, 0.15) is 12.4 Å². The summed E-state index contributed by atoms with van der Waals surface area (Å²) in [5.74, 6) is 1.72. The van der Waals surface area contributed by atoms with Crippen molar-refractivity contribution in [2.24, 2.45) is 4.99 Å². The zero-order valence-electron chi connectivity index (χ0n) is 18.0. The van der Waals surface area contributed by atoms with Crippen molar-refractivity contribution in [3.8, 4) is 5.75 Å². The standard InChI is InChI=1S/C22H33N5O2S/c1-3-23-22(24-8-7-20-17-30-18(2)26-20)25-16-19-5-4-6-21(15-19)29-14-11-27-9-12-28-13-10-27/h4-6,15,17H,3,7-14,16H2,1-2H3,(H2,23,24,25). The topological polar surface area (TPSA) is 71.0 Å². The molecule has 1 aliphatic heterocycles. The first-order chi connectivity index (χ1) is 14.7. The number of nitrogens with one attached hydrogen (secondary N) is 2. The molecule has 2 aromatic rings. The van der Waals surface area contributed by atoms with Gasteiger partial charge in [-0.1, -0.05) is 12.1 Å². The summed E-state index contributed by atoms with van der Waals surface area (Å²) in [6, 6.07) is 8.19. The maximum Gasteiger partial charge on any atom is 0.191 e. The minimum absolute atomic E-state index is 0.603. The lowest BCUT2D eigenvalue weighted by atomic mass is 10.2. The van der Waals surface area contributed by atoms with Gasteiger partial charge in [-0.25, -0.2) is 9.98 Å². The maximum atomic E-state index is 5.95. The Morgan fingerprint density at radius 1 is 1.30 bits per heavy atom. The molecule has 1 aromatic carbocycles. The number of ether oxygens (including phenoxy) is 2. The van der Waals surface area contributed by atoms with E-state index in [1.165, 1.54) is 0 Å². The van der Waals surface area contributed by atoms with Gasteiger partial charge in [-0.05, 0) is 31.5 Å². The number of aromatic nitrogens is 1. The Morgan fingerprint density at radius 2 is 2.17 bits per heavy atom. The van der Waals surface area contributed by atoms with E-state index >= 15 is 0 Å². The third-order valence-corrected chi connectivity index (χ3v) is 5.60. The van der Waals surface area contributed by atoms with Crippen molar-refractivity contribution in [3.05, 3.63) is 45.9 Å². The molecule has 1 fully saturated rings. The number of hydrogen-bond donors (Lipinski definition) is 2. The van der Waals surface area contributed by atoms with E-state index in [0.29, 0.717) is 13.2 Å². The SMILES string of the molecule is CCNC(=NCc1cccc(OCCN2CCOCC2)c1)NCCc1csc(C)n1. The van der Waals surface area contributed by atoms with Gasteiger partial charge in [0.2, 0.25) is 0 Å². The zero-order valence-corrected chi connectivity index (χ0v) is 18.8. The number of rotatable bonds is 10. The van der Waals surface area contributed by atoms with Crippen molar-refractivity contribution in [1.82, 2.24) is 20.5 Å². The lowest BCUT2D eigenvalue weighted by Crippen LogP contribution is -2.38. The van der Waals surface area contributed by atoms with Crippen LogP contribution in [0.15, 0.2) is 34.6 Å². The Bertz CT molecular complexity index is 789. The van der Waals surface area contributed by atoms with E-state index in [1.54, 1.807) is 11.3 Å². The molecule has 2 heterocycles. The van der Waals surface area contributed by atoms with Crippen molar-refractivity contribution < 1.29 is 9.47 Å². The van der Waals surface area contributed by atoms with Crippen LogP contribution in [-0.2, 0) is 17.7 Å². The Hall–Kier alpha value is -2.16. The number of thiazole rings is 1. The fourth-order valence-corrected chi connectivity index (χ4v) is 3.84. The molecule has 0 aliphatic carbocycles. The van der Waals surface area contributed by atoms with Crippen LogP contribution in [0.25, 0.3) is 0 Å². The van der Waals surface area contributed by atoms with E-state index in [2.05, 4.69) is 45.0 Å². The summed E-state index contributed by atoms with van der Waals surface area (Å²) in [6.07, 6.45) is 0.890. The highest BCUT2D eigenvalue weighted by Crippen LogP contribution is 2.14. The smallest absolute Gasteiger partial charge is 0.191 e. The van der Waals surface area contributed by atoms with Crippen LogP contribution >= 0.6 is 11.3 Å². The van der Waals surface area contributed by atoms with Crippen molar-refractivity contribution in [3.63, 3.8) is 0 Å². The second-order valence-electron chi connectivity index (χ2n) is 7.18. The molecule has 0 spiro atoms. The summed E-state index contributed by atoms with van der Waals surface area (Å²) in [5, 5.41) is 9.92. The number of hydrogen-bond acceptors (Lipinski definition) is 6. The normalized spacial score (nSPS) is 15.2. The van der Waals surface area contributed by atoms with Gasteiger partial charge in [-0.3, -0.25) is 4.90 Å². The fourth-order valence-electron chi connectivity index (χ4n) is 3.20. The second kappa shape index (κ2) is 12.5. The van der Waals surface area contributed by atoms with Gasteiger partial charge in [0.15, 0.2) is 5.96 Å². The van der Waals surface area contributed by atoms with Crippen LogP contribution in [0.5, 0.6) is 5.75 Å². The van der Waals surface area contributed by atoms with E-state index in [4.69, 9.17) is 14.5 Å². The van der Waals surface area contributed by atoms with Gasteiger partial charge in [0, 0.05) is 44.5 Å². The van der Waals surface area contributed by atoms with Gasteiger partial charge < -0.3 is 20.1 Å². The van der Waals surface area contributed by atoms with Crippen LogP contribution in [0, 0.1) is 6.92 Å². The molecule has 0 atom stereocenters. The van der Waals surface area contributed by atoms with Crippen LogP contribution in [-0.4, -0.2) is 68.4 Å². The van der Waals surface area contributed by atoms with E-state index in [9.17, 15) is 0 Å². The molecule has 0 amide bonds. The minimum Gasteiger partial charge on any atom is -0.492 e. The van der Waals surface area contributed by atoms with Gasteiger partial charge in [0.05, 0.1) is 30.5 Å². The number of guanidine groups is 1. The average Bonchev–Trinajstić information content (AvgIpc) is 3.18. The van der Waals surface area contributed by atoms with E-state index in [0.717, 1.165) is 80.3 Å². The molecule has 0 bridgehead atoms. The van der Waals surface area contributed by atoms with E-state index in [-0.39, 0.29) is 0 Å². The minimum atomic E-state index is 0.603. The molecule has 1 saturated heterocycles. The first kappa shape index (κ1) is 22.5. The van der Waals surface area contributed by atoms with Crippen molar-refractivity contribution in [1.29, 1.82) is 0 Å². The monoisotopic (exact) mass is 431 g/mol. The highest BCUT2D eigenvalue weighted by molar-refractivity contribution is 7.09. The summed E-state index contributed by atoms with van der Waals surface area (Å²) in [7, 11) is 0. The molecule has 0 radical (unpaired) electrons. The summed E-state index contributed by atoms with van der Waals surface area (Å²) < 4.78 is 11.3. The molecule has 8 heteroatoms. The summed E-state index contributed by atoms with van der Waals surface area (Å²) >= 11 is 1.69.